The molecule has 0 aromatic heterocycles. The minimum Gasteiger partial charge on any atom is -1.00 e. The van der Waals surface area contributed by atoms with E-state index in [4.69, 9.17) is 0 Å². The number of benzene rings is 3. The first-order valence-corrected chi connectivity index (χ1v) is 16.8. The maximum absolute atomic E-state index is 11.8. The summed E-state index contributed by atoms with van der Waals surface area (Å²) in [5.41, 5.74) is 5.67. The number of hydrogen-bond acceptors (Lipinski definition) is 0. The molecule has 4 aromatic carbocycles. The van der Waals surface area contributed by atoms with Crippen molar-refractivity contribution in [3.63, 3.8) is 0 Å². The molecule has 4 aromatic rings. The van der Waals surface area contributed by atoms with E-state index in [0.29, 0.717) is 11.3 Å². The van der Waals surface area contributed by atoms with Crippen molar-refractivity contribution in [2.24, 2.45) is 11.3 Å². The van der Waals surface area contributed by atoms with Crippen LogP contribution in [0.15, 0.2) is 84.0 Å². The van der Waals surface area contributed by atoms with E-state index in [2.05, 4.69) is 141 Å². The van der Waals surface area contributed by atoms with Crippen LogP contribution >= 0.6 is 0 Å². The Morgan fingerprint density at radius 2 is 1.09 bits per heavy atom. The largest absolute Gasteiger partial charge is 1.00 e. The zero-order chi connectivity index (χ0) is 33.7. The van der Waals surface area contributed by atoms with Gasteiger partial charge in [-0.1, -0.05) is 128 Å². The van der Waals surface area contributed by atoms with Gasteiger partial charge < -0.3 is 24.8 Å². The predicted molar refractivity (Wildman–Crippen MR) is 181 cm³/mol. The number of hydrogen-bond donors (Lipinski definition) is 0. The summed E-state index contributed by atoms with van der Waals surface area (Å²) in [6.45, 7) is 24.7. The summed E-state index contributed by atoms with van der Waals surface area (Å²) >= 11 is 1.30. The first kappa shape index (κ1) is 44.1. The van der Waals surface area contributed by atoms with Gasteiger partial charge in [-0.15, -0.1) is 39.7 Å². The van der Waals surface area contributed by atoms with Crippen LogP contribution in [0.3, 0.4) is 0 Å². The number of allylic oxidation sites excluding steroid dienone is 4. The van der Waals surface area contributed by atoms with E-state index in [9.17, 15) is 13.2 Å². The van der Waals surface area contributed by atoms with Gasteiger partial charge >= 0.3 is 34.6 Å². The van der Waals surface area contributed by atoms with Gasteiger partial charge in [0.1, 0.15) is 0 Å². The summed E-state index contributed by atoms with van der Waals surface area (Å²) in [5, 5.41) is 5.48. The maximum Gasteiger partial charge on any atom is -1.00 e. The molecule has 0 amide bonds. The van der Waals surface area contributed by atoms with Gasteiger partial charge in [-0.25, -0.2) is 5.57 Å². The fourth-order valence-corrected chi connectivity index (χ4v) is 5.18. The second kappa shape index (κ2) is 17.5. The Bertz CT molecular complexity index is 1520. The molecule has 1 unspecified atom stereocenters. The predicted octanol–water partition coefficient (Wildman–Crippen LogP) is 6.14. The molecule has 0 saturated heterocycles. The van der Waals surface area contributed by atoms with Crippen LogP contribution in [0.1, 0.15) is 92.9 Å². The molecule has 0 bridgehead atoms. The van der Waals surface area contributed by atoms with E-state index >= 15 is 0 Å². The molecule has 1 aliphatic carbocycles. The average Bonchev–Trinajstić information content (AvgIpc) is 3.47. The van der Waals surface area contributed by atoms with Crippen LogP contribution in [0.5, 0.6) is 0 Å². The fraction of sp³-hybridized carbons (Fsp3) is 0.400. The van der Waals surface area contributed by atoms with Gasteiger partial charge in [0.15, 0.2) is 0 Å². The average molecular weight is 748 g/mol. The Morgan fingerprint density at radius 1 is 0.674 bits per heavy atom. The van der Waals surface area contributed by atoms with Gasteiger partial charge in [-0.3, -0.25) is 6.08 Å². The summed E-state index contributed by atoms with van der Waals surface area (Å²) < 4.78 is 38.7. The maximum atomic E-state index is 11.8. The third kappa shape index (κ3) is 12.3. The summed E-state index contributed by atoms with van der Waals surface area (Å²) in [6.07, 6.45) is 1.49. The normalized spacial score (nSPS) is 14.7. The molecule has 0 radical (unpaired) electrons. The summed E-state index contributed by atoms with van der Waals surface area (Å²) in [5.74, 6) is 0.518. The van der Waals surface area contributed by atoms with Crippen molar-refractivity contribution in [3.8, 4) is 0 Å². The molecular weight excluding hydrogens is 700 g/mol. The van der Waals surface area contributed by atoms with E-state index < -0.39 is 11.7 Å². The molecule has 1 aliphatic rings. The van der Waals surface area contributed by atoms with Crippen LogP contribution in [-0.4, -0.2) is 4.21 Å². The summed E-state index contributed by atoms with van der Waals surface area (Å²) in [6, 6.07) is 23.1. The topological polar surface area (TPSA) is 0 Å². The Morgan fingerprint density at radius 3 is 1.35 bits per heavy atom. The molecule has 0 saturated carbocycles. The molecule has 0 fully saturated rings. The second-order valence-electron chi connectivity index (χ2n) is 14.4. The van der Waals surface area contributed by atoms with Gasteiger partial charge in [0.2, 0.25) is 0 Å². The van der Waals surface area contributed by atoms with E-state index in [-0.39, 0.29) is 35.6 Å². The van der Waals surface area contributed by atoms with Gasteiger partial charge in [-0.2, -0.15) is 55.2 Å². The summed E-state index contributed by atoms with van der Waals surface area (Å²) in [7, 11) is 0. The van der Waals surface area contributed by atoms with Crippen molar-refractivity contribution >= 4 is 25.8 Å². The van der Waals surface area contributed by atoms with Crippen LogP contribution in [0.4, 0.5) is 13.2 Å². The summed E-state index contributed by atoms with van der Waals surface area (Å²) in [4.78, 5) is 0. The van der Waals surface area contributed by atoms with E-state index in [1.807, 2.05) is 0 Å². The molecule has 5 rings (SSSR count). The molecule has 1 atom stereocenters. The SMILES string of the molecule is CC(C)(C)c1ccc2c(c1)[cH-]c1cc(C(C)(C)C)ccc12.CC1=[C-]C(C)C=C1C(C)(C)C.FC(F)(F)c1cc[c-]cc1.[CH2]=[Zr+2].[Cl-].[Cl-]. The van der Waals surface area contributed by atoms with Crippen LogP contribution in [0, 0.1) is 23.5 Å². The number of halogens is 5. The third-order valence-electron chi connectivity index (χ3n) is 7.55. The van der Waals surface area contributed by atoms with Crippen molar-refractivity contribution in [3.05, 3.63) is 113 Å². The molecule has 0 nitrogen and oxygen atoms in total. The number of fused-ring (bicyclic) bond motifs is 3. The Kier molecular flexibility index (Phi) is 16.8. The van der Waals surface area contributed by atoms with Crippen LogP contribution < -0.4 is 24.8 Å². The first-order chi connectivity index (χ1) is 20.2. The van der Waals surface area contributed by atoms with E-state index in [0.717, 1.165) is 12.1 Å². The van der Waals surface area contributed by atoms with E-state index in [1.54, 1.807) is 0 Å². The van der Waals surface area contributed by atoms with Crippen molar-refractivity contribution in [1.29, 1.82) is 0 Å². The van der Waals surface area contributed by atoms with Crippen LogP contribution in [0.25, 0.3) is 21.5 Å². The fourth-order valence-electron chi connectivity index (χ4n) is 5.18. The first-order valence-electron chi connectivity index (χ1n) is 15.0. The second-order valence-corrected chi connectivity index (χ2v) is 14.4. The minimum absolute atomic E-state index is 0. The van der Waals surface area contributed by atoms with E-state index in [1.165, 1.54) is 80.2 Å². The third-order valence-corrected chi connectivity index (χ3v) is 7.55. The quantitative estimate of drug-likeness (QED) is 0.190. The Balaban J connectivity index is 0.000000691. The van der Waals surface area contributed by atoms with Gasteiger partial charge in [0, 0.05) is 0 Å². The smallest absolute Gasteiger partial charge is 1.00 e. The standard InChI is InChI=1S/C21H25.C11H17.C7H4F3.CH2.2ClH.Zr/c1-20(2,3)16-7-9-18-14(12-16)11-15-13-17(21(4,5)6)8-10-19(15)18;1-8-6-9(2)10(7-8)11(3,4)5;8-7(9,10)6-4-2-1-3-5-6;;;;/h7-13H,1-6H3;7-8H,1-5H3;2-5H;1H2;2*1H;/q3*-1;;;;+2/p-2. The molecule has 0 heterocycles. The van der Waals surface area contributed by atoms with Gasteiger partial charge in [0.05, 0.1) is 0 Å². The molecular formula is C40H48Cl2F3Zr-3. The molecule has 0 N–H and O–H groups in total. The van der Waals surface area contributed by atoms with Crippen molar-refractivity contribution in [2.75, 3.05) is 0 Å². The number of rotatable bonds is 0. The van der Waals surface area contributed by atoms with Crippen LogP contribution in [-0.2, 0) is 41.2 Å². The molecule has 250 valence electrons. The van der Waals surface area contributed by atoms with Crippen LogP contribution in [0.2, 0.25) is 0 Å². The molecule has 0 spiro atoms. The minimum atomic E-state index is -4.23. The number of alkyl halides is 3. The monoisotopic (exact) mass is 745 g/mol. The molecule has 6 heteroatoms. The van der Waals surface area contributed by atoms with Crippen molar-refractivity contribution < 1.29 is 62.2 Å². The van der Waals surface area contributed by atoms with Crippen molar-refractivity contribution in [1.82, 2.24) is 0 Å². The Labute approximate surface area is 303 Å². The van der Waals surface area contributed by atoms with Gasteiger partial charge in [-0.05, 0) is 10.8 Å². The van der Waals surface area contributed by atoms with Gasteiger partial charge in [0.25, 0.3) is 0 Å². The zero-order valence-electron chi connectivity index (χ0n) is 29.1. The van der Waals surface area contributed by atoms with Crippen molar-refractivity contribution in [2.45, 2.75) is 93.2 Å². The Hall–Kier alpha value is -1.87. The molecule has 0 aliphatic heterocycles. The molecule has 46 heavy (non-hydrogen) atoms. The zero-order valence-corrected chi connectivity index (χ0v) is 33.1.